The molecular weight excluding hydrogens is 330 g/mol. The summed E-state index contributed by atoms with van der Waals surface area (Å²) in [7, 11) is 1.61. The lowest BCUT2D eigenvalue weighted by atomic mass is 9.92. The Morgan fingerprint density at radius 1 is 1.31 bits per heavy atom. The van der Waals surface area contributed by atoms with Crippen molar-refractivity contribution in [3.63, 3.8) is 0 Å². The van der Waals surface area contributed by atoms with Crippen LogP contribution in [0.25, 0.3) is 0 Å². The summed E-state index contributed by atoms with van der Waals surface area (Å²) >= 11 is 0. The van der Waals surface area contributed by atoms with Crippen molar-refractivity contribution in [2.75, 3.05) is 13.7 Å². The van der Waals surface area contributed by atoms with Gasteiger partial charge in [-0.15, -0.1) is 0 Å². The minimum Gasteiger partial charge on any atom is -0.497 e. The average molecular weight is 355 g/mol. The highest BCUT2D eigenvalue weighted by molar-refractivity contribution is 5.78. The Bertz CT molecular complexity index is 751. The zero-order valence-electron chi connectivity index (χ0n) is 15.2. The molecule has 1 aliphatic heterocycles. The molecule has 2 atom stereocenters. The average Bonchev–Trinajstić information content (AvgIpc) is 2.67. The molecule has 26 heavy (non-hydrogen) atoms. The van der Waals surface area contributed by atoms with E-state index in [4.69, 9.17) is 9.47 Å². The molecule has 1 amide bonds. The van der Waals surface area contributed by atoms with Gasteiger partial charge in [-0.3, -0.25) is 4.79 Å². The van der Waals surface area contributed by atoms with E-state index in [1.165, 1.54) is 0 Å². The standard InChI is InChI=1S/C20H25N3O3/c1-14-11-15(8-10-21-14)19(24)23-13-16-5-4-9-22-20(16)26-18-7-3-6-17(12-18)25-2/h3-7,9,12,14-15,21H,8,10-11,13H2,1-2H3,(H,23,24)/t14-,15-/m0/s1. The van der Waals surface area contributed by atoms with Crippen molar-refractivity contribution in [1.82, 2.24) is 15.6 Å². The molecule has 1 fully saturated rings. The number of hydrogen-bond acceptors (Lipinski definition) is 5. The van der Waals surface area contributed by atoms with Gasteiger partial charge in [-0.1, -0.05) is 12.1 Å². The predicted molar refractivity (Wildman–Crippen MR) is 99.3 cm³/mol. The molecule has 1 aromatic heterocycles. The van der Waals surface area contributed by atoms with Gasteiger partial charge in [-0.05, 0) is 44.5 Å². The SMILES string of the molecule is COc1cccc(Oc2ncccc2CNC(=O)[C@H]2CCN[C@@H](C)C2)c1. The second-order valence-corrected chi connectivity index (χ2v) is 6.54. The fraction of sp³-hybridized carbons (Fsp3) is 0.400. The van der Waals surface area contributed by atoms with Gasteiger partial charge in [0.15, 0.2) is 0 Å². The van der Waals surface area contributed by atoms with E-state index in [-0.39, 0.29) is 11.8 Å². The van der Waals surface area contributed by atoms with Crippen LogP contribution in [0.1, 0.15) is 25.3 Å². The van der Waals surface area contributed by atoms with Crippen LogP contribution < -0.4 is 20.1 Å². The Balaban J connectivity index is 1.64. The van der Waals surface area contributed by atoms with E-state index in [9.17, 15) is 4.79 Å². The summed E-state index contributed by atoms with van der Waals surface area (Å²) in [5.41, 5.74) is 0.839. The molecule has 0 radical (unpaired) electrons. The van der Waals surface area contributed by atoms with Gasteiger partial charge < -0.3 is 20.1 Å². The van der Waals surface area contributed by atoms with E-state index in [0.717, 1.165) is 24.9 Å². The number of methoxy groups -OCH3 is 1. The number of nitrogens with zero attached hydrogens (tertiary/aromatic N) is 1. The number of carbonyl (C=O) groups excluding carboxylic acids is 1. The second-order valence-electron chi connectivity index (χ2n) is 6.54. The fourth-order valence-electron chi connectivity index (χ4n) is 3.12. The molecule has 3 rings (SSSR count). The number of ether oxygens (including phenoxy) is 2. The fourth-order valence-corrected chi connectivity index (χ4v) is 3.12. The van der Waals surface area contributed by atoms with Crippen LogP contribution in [0.2, 0.25) is 0 Å². The Hall–Kier alpha value is -2.60. The second kappa shape index (κ2) is 8.67. The number of aromatic nitrogens is 1. The van der Waals surface area contributed by atoms with Gasteiger partial charge in [0.25, 0.3) is 0 Å². The van der Waals surface area contributed by atoms with Crippen molar-refractivity contribution in [2.24, 2.45) is 5.92 Å². The largest absolute Gasteiger partial charge is 0.497 e. The third kappa shape index (κ3) is 4.73. The third-order valence-electron chi connectivity index (χ3n) is 4.55. The molecular formula is C20H25N3O3. The quantitative estimate of drug-likeness (QED) is 0.834. The summed E-state index contributed by atoms with van der Waals surface area (Å²) in [5.74, 6) is 2.00. The molecule has 0 saturated carbocycles. The smallest absolute Gasteiger partial charge is 0.224 e. The maximum Gasteiger partial charge on any atom is 0.224 e. The summed E-state index contributed by atoms with van der Waals surface area (Å²) in [4.78, 5) is 16.8. The first-order valence-electron chi connectivity index (χ1n) is 8.92. The molecule has 6 heteroatoms. The number of amides is 1. The molecule has 6 nitrogen and oxygen atoms in total. The molecule has 1 aromatic carbocycles. The molecule has 0 spiro atoms. The highest BCUT2D eigenvalue weighted by Crippen LogP contribution is 2.26. The van der Waals surface area contributed by atoms with Crippen molar-refractivity contribution >= 4 is 5.91 Å². The monoisotopic (exact) mass is 355 g/mol. The molecule has 2 N–H and O–H groups in total. The van der Waals surface area contributed by atoms with Gasteiger partial charge in [-0.2, -0.15) is 0 Å². The van der Waals surface area contributed by atoms with Crippen LogP contribution in [0.4, 0.5) is 0 Å². The maximum absolute atomic E-state index is 12.5. The first kappa shape index (κ1) is 18.2. The van der Waals surface area contributed by atoms with Crippen LogP contribution in [-0.4, -0.2) is 30.6 Å². The summed E-state index contributed by atoms with van der Waals surface area (Å²) in [5, 5.41) is 6.39. The number of hydrogen-bond donors (Lipinski definition) is 2. The van der Waals surface area contributed by atoms with E-state index in [1.54, 1.807) is 19.4 Å². The van der Waals surface area contributed by atoms with Crippen molar-refractivity contribution < 1.29 is 14.3 Å². The molecule has 2 heterocycles. The number of pyridine rings is 1. The summed E-state index contributed by atoms with van der Waals surface area (Å²) in [6.45, 7) is 3.39. The summed E-state index contributed by atoms with van der Waals surface area (Å²) < 4.78 is 11.1. The maximum atomic E-state index is 12.5. The predicted octanol–water partition coefficient (Wildman–Crippen LogP) is 2.89. The Morgan fingerprint density at radius 3 is 2.96 bits per heavy atom. The molecule has 0 bridgehead atoms. The van der Waals surface area contributed by atoms with Crippen molar-refractivity contribution in [3.05, 3.63) is 48.2 Å². The Morgan fingerprint density at radius 2 is 2.15 bits per heavy atom. The molecule has 0 aliphatic carbocycles. The van der Waals surface area contributed by atoms with Gasteiger partial charge in [0.2, 0.25) is 11.8 Å². The highest BCUT2D eigenvalue weighted by atomic mass is 16.5. The van der Waals surface area contributed by atoms with Crippen molar-refractivity contribution in [1.29, 1.82) is 0 Å². The number of benzene rings is 1. The first-order valence-corrected chi connectivity index (χ1v) is 8.92. The minimum absolute atomic E-state index is 0.0608. The Kier molecular flexibility index (Phi) is 6.07. The topological polar surface area (TPSA) is 72.5 Å². The van der Waals surface area contributed by atoms with Crippen LogP contribution in [0.15, 0.2) is 42.6 Å². The van der Waals surface area contributed by atoms with Crippen LogP contribution in [0.3, 0.4) is 0 Å². The molecule has 138 valence electrons. The van der Waals surface area contributed by atoms with Gasteiger partial charge in [0.1, 0.15) is 11.5 Å². The lowest BCUT2D eigenvalue weighted by Crippen LogP contribution is -2.42. The van der Waals surface area contributed by atoms with Crippen LogP contribution in [-0.2, 0) is 11.3 Å². The van der Waals surface area contributed by atoms with Gasteiger partial charge in [0.05, 0.1) is 7.11 Å². The van der Waals surface area contributed by atoms with Gasteiger partial charge in [0, 0.05) is 36.3 Å². The van der Waals surface area contributed by atoms with Crippen LogP contribution >= 0.6 is 0 Å². The number of carbonyl (C=O) groups is 1. The molecule has 2 aromatic rings. The van der Waals surface area contributed by atoms with Crippen molar-refractivity contribution in [2.45, 2.75) is 32.4 Å². The van der Waals surface area contributed by atoms with Crippen molar-refractivity contribution in [3.8, 4) is 17.4 Å². The lowest BCUT2D eigenvalue weighted by Gasteiger charge is -2.27. The van der Waals surface area contributed by atoms with Crippen LogP contribution in [0, 0.1) is 5.92 Å². The normalized spacial score (nSPS) is 19.6. The summed E-state index contributed by atoms with van der Waals surface area (Å²) in [6, 6.07) is 11.5. The first-order chi connectivity index (χ1) is 12.7. The van der Waals surface area contributed by atoms with E-state index in [2.05, 4.69) is 22.5 Å². The van der Waals surface area contributed by atoms with Gasteiger partial charge >= 0.3 is 0 Å². The number of nitrogens with one attached hydrogen (secondary N) is 2. The Labute approximate surface area is 153 Å². The van der Waals surface area contributed by atoms with E-state index < -0.39 is 0 Å². The van der Waals surface area contributed by atoms with E-state index in [1.807, 2.05) is 30.3 Å². The third-order valence-corrected chi connectivity index (χ3v) is 4.55. The van der Waals surface area contributed by atoms with E-state index in [0.29, 0.717) is 30.0 Å². The summed E-state index contributed by atoms with van der Waals surface area (Å²) in [6.07, 6.45) is 3.41. The van der Waals surface area contributed by atoms with Crippen LogP contribution in [0.5, 0.6) is 17.4 Å². The highest BCUT2D eigenvalue weighted by Gasteiger charge is 2.24. The number of piperidine rings is 1. The minimum atomic E-state index is 0.0608. The number of rotatable bonds is 6. The molecule has 1 aliphatic rings. The lowest BCUT2D eigenvalue weighted by molar-refractivity contribution is -0.126. The zero-order chi connectivity index (χ0) is 18.4. The van der Waals surface area contributed by atoms with E-state index >= 15 is 0 Å². The zero-order valence-corrected chi connectivity index (χ0v) is 15.2. The molecule has 1 saturated heterocycles. The van der Waals surface area contributed by atoms with Gasteiger partial charge in [-0.25, -0.2) is 4.98 Å². The molecule has 0 unspecified atom stereocenters.